The van der Waals surface area contributed by atoms with Crippen molar-refractivity contribution in [3.63, 3.8) is 0 Å². The Hall–Kier alpha value is -1.96. The number of benzene rings is 2. The highest BCUT2D eigenvalue weighted by Gasteiger charge is 1.92. The molecule has 18 heavy (non-hydrogen) atoms. The first-order chi connectivity index (χ1) is 8.52. The summed E-state index contributed by atoms with van der Waals surface area (Å²) >= 11 is 0. The van der Waals surface area contributed by atoms with Crippen LogP contribution in [0.2, 0.25) is 0 Å². The lowest BCUT2D eigenvalue weighted by molar-refractivity contribution is 1.13. The molecule has 0 aliphatic heterocycles. The first kappa shape index (κ1) is 14.1. The predicted octanol–water partition coefficient (Wildman–Crippen LogP) is 3.64. The highest BCUT2D eigenvalue weighted by Crippen LogP contribution is 2.13. The van der Waals surface area contributed by atoms with Gasteiger partial charge in [-0.05, 0) is 37.1 Å². The van der Waals surface area contributed by atoms with Crippen LogP contribution in [-0.2, 0) is 0 Å². The molecule has 0 saturated carbocycles. The van der Waals surface area contributed by atoms with Crippen molar-refractivity contribution in [2.24, 2.45) is 0 Å². The van der Waals surface area contributed by atoms with Gasteiger partial charge in [0.25, 0.3) is 0 Å². The van der Waals surface area contributed by atoms with E-state index in [1.807, 2.05) is 64.3 Å². The molecule has 2 heteroatoms. The maximum Gasteiger partial charge on any atom is 0.0373 e. The Bertz CT molecular complexity index is 455. The molecular weight excluding hydrogens is 220 g/mol. The van der Waals surface area contributed by atoms with Crippen molar-refractivity contribution in [2.75, 3.05) is 24.7 Å². The van der Waals surface area contributed by atoms with Crippen molar-refractivity contribution in [1.82, 2.24) is 0 Å². The van der Waals surface area contributed by atoms with Gasteiger partial charge in [0.05, 0.1) is 0 Å². The van der Waals surface area contributed by atoms with Gasteiger partial charge in [0, 0.05) is 25.5 Å². The zero-order valence-electron chi connectivity index (χ0n) is 11.6. The molecule has 0 heterocycles. The minimum absolute atomic E-state index is 0.914. The van der Waals surface area contributed by atoms with Crippen molar-refractivity contribution in [3.05, 3.63) is 59.7 Å². The van der Waals surface area contributed by atoms with Crippen molar-refractivity contribution in [2.45, 2.75) is 13.8 Å². The summed E-state index contributed by atoms with van der Waals surface area (Å²) < 4.78 is 0. The number of aryl methyl sites for hydroxylation is 2. The Balaban J connectivity index is 0.000000180. The van der Waals surface area contributed by atoms with E-state index >= 15 is 0 Å². The lowest BCUT2D eigenvalue weighted by atomic mass is 10.1. The Morgan fingerprint density at radius 2 is 1.28 bits per heavy atom. The molecule has 96 valence electrons. The van der Waals surface area contributed by atoms with Gasteiger partial charge in [-0.1, -0.05) is 36.4 Å². The Kier molecular flexibility index (Phi) is 5.25. The van der Waals surface area contributed by atoms with Crippen LogP contribution >= 0.6 is 0 Å². The van der Waals surface area contributed by atoms with Gasteiger partial charge in [0.15, 0.2) is 0 Å². The number of nitrogens with zero attached hydrogens (tertiary/aromatic N) is 1. The van der Waals surface area contributed by atoms with Crippen LogP contribution < -0.4 is 10.6 Å². The van der Waals surface area contributed by atoms with Crippen LogP contribution in [0.3, 0.4) is 0 Å². The molecule has 2 aromatic rings. The van der Waals surface area contributed by atoms with Gasteiger partial charge < -0.3 is 10.6 Å². The van der Waals surface area contributed by atoms with E-state index in [1.54, 1.807) is 0 Å². The van der Waals surface area contributed by atoms with Gasteiger partial charge >= 0.3 is 0 Å². The summed E-state index contributed by atoms with van der Waals surface area (Å²) in [5, 5.41) is 0. The van der Waals surface area contributed by atoms with Gasteiger partial charge in [0.1, 0.15) is 0 Å². The molecule has 0 aliphatic carbocycles. The molecule has 2 nitrogen and oxygen atoms in total. The second kappa shape index (κ2) is 6.70. The summed E-state index contributed by atoms with van der Waals surface area (Å²) in [5.74, 6) is 0. The molecule has 0 amide bonds. The SMILES string of the molecule is CN(C)c1ccccc1.Cc1cccc(C)c1N. The third-order valence-corrected chi connectivity index (χ3v) is 2.81. The van der Waals surface area contributed by atoms with E-state index in [2.05, 4.69) is 17.0 Å². The highest BCUT2D eigenvalue weighted by molar-refractivity contribution is 5.52. The number of hydrogen-bond acceptors (Lipinski definition) is 2. The third-order valence-electron chi connectivity index (χ3n) is 2.81. The monoisotopic (exact) mass is 242 g/mol. The first-order valence-electron chi connectivity index (χ1n) is 6.06. The number of rotatable bonds is 1. The summed E-state index contributed by atoms with van der Waals surface area (Å²) in [4.78, 5) is 2.08. The molecule has 0 bridgehead atoms. The average Bonchev–Trinajstić information content (AvgIpc) is 2.38. The molecule has 0 atom stereocenters. The normalized spacial score (nSPS) is 9.33. The fraction of sp³-hybridized carbons (Fsp3) is 0.250. The number of nitrogens with two attached hydrogens (primary N) is 1. The zero-order chi connectivity index (χ0) is 13.5. The van der Waals surface area contributed by atoms with Crippen LogP contribution in [0.1, 0.15) is 11.1 Å². The minimum atomic E-state index is 0.914. The van der Waals surface area contributed by atoms with E-state index in [0.29, 0.717) is 0 Å². The minimum Gasteiger partial charge on any atom is -0.398 e. The summed E-state index contributed by atoms with van der Waals surface area (Å²) in [6, 6.07) is 16.3. The molecular formula is C16H22N2. The number of anilines is 2. The van der Waals surface area contributed by atoms with Crippen molar-refractivity contribution >= 4 is 11.4 Å². The molecule has 2 rings (SSSR count). The smallest absolute Gasteiger partial charge is 0.0373 e. The van der Waals surface area contributed by atoms with E-state index in [1.165, 1.54) is 5.69 Å². The quantitative estimate of drug-likeness (QED) is 0.774. The van der Waals surface area contributed by atoms with Crippen LogP contribution in [-0.4, -0.2) is 14.1 Å². The molecule has 0 spiro atoms. The van der Waals surface area contributed by atoms with Gasteiger partial charge in [-0.3, -0.25) is 0 Å². The molecule has 0 saturated heterocycles. The molecule has 2 aromatic carbocycles. The van der Waals surface area contributed by atoms with E-state index in [0.717, 1.165) is 16.8 Å². The zero-order valence-corrected chi connectivity index (χ0v) is 11.6. The fourth-order valence-corrected chi connectivity index (χ4v) is 1.55. The third kappa shape index (κ3) is 4.13. The number of hydrogen-bond donors (Lipinski definition) is 1. The molecule has 0 aromatic heterocycles. The molecule has 2 N–H and O–H groups in total. The van der Waals surface area contributed by atoms with Crippen molar-refractivity contribution in [1.29, 1.82) is 0 Å². The number of para-hydroxylation sites is 2. The van der Waals surface area contributed by atoms with Crippen LogP contribution in [0.15, 0.2) is 48.5 Å². The van der Waals surface area contributed by atoms with Gasteiger partial charge in [0.2, 0.25) is 0 Å². The van der Waals surface area contributed by atoms with Gasteiger partial charge in [-0.25, -0.2) is 0 Å². The predicted molar refractivity (Wildman–Crippen MR) is 81.1 cm³/mol. The van der Waals surface area contributed by atoms with Gasteiger partial charge in [-0.2, -0.15) is 0 Å². The molecule has 0 radical (unpaired) electrons. The lowest BCUT2D eigenvalue weighted by Gasteiger charge is -2.10. The van der Waals surface area contributed by atoms with E-state index in [4.69, 9.17) is 5.73 Å². The second-order valence-electron chi connectivity index (χ2n) is 4.54. The Morgan fingerprint density at radius 1 is 0.778 bits per heavy atom. The van der Waals surface area contributed by atoms with Crippen LogP contribution in [0.5, 0.6) is 0 Å². The topological polar surface area (TPSA) is 29.3 Å². The standard InChI is InChI=1S/2C8H11N/c1-9(2)8-6-4-3-5-7-8;1-6-4-3-5-7(2)8(6)9/h3-7H,1-2H3;3-5H,9H2,1-2H3. The molecule has 0 fully saturated rings. The maximum atomic E-state index is 5.68. The van der Waals surface area contributed by atoms with E-state index in [-0.39, 0.29) is 0 Å². The van der Waals surface area contributed by atoms with Crippen LogP contribution in [0, 0.1) is 13.8 Å². The van der Waals surface area contributed by atoms with Crippen molar-refractivity contribution < 1.29 is 0 Å². The largest absolute Gasteiger partial charge is 0.398 e. The summed E-state index contributed by atoms with van der Waals surface area (Å²) in [6.45, 7) is 4.03. The second-order valence-corrected chi connectivity index (χ2v) is 4.54. The first-order valence-corrected chi connectivity index (χ1v) is 6.06. The summed E-state index contributed by atoms with van der Waals surface area (Å²) in [6.07, 6.45) is 0. The van der Waals surface area contributed by atoms with Gasteiger partial charge in [-0.15, -0.1) is 0 Å². The molecule has 0 aliphatic rings. The number of nitrogen functional groups attached to an aromatic ring is 1. The van der Waals surface area contributed by atoms with Crippen LogP contribution in [0.25, 0.3) is 0 Å². The highest BCUT2D eigenvalue weighted by atomic mass is 15.1. The lowest BCUT2D eigenvalue weighted by Crippen LogP contribution is -2.07. The van der Waals surface area contributed by atoms with E-state index in [9.17, 15) is 0 Å². The maximum absolute atomic E-state index is 5.68. The average molecular weight is 242 g/mol. The molecule has 0 unspecified atom stereocenters. The Labute approximate surface area is 110 Å². The Morgan fingerprint density at radius 3 is 1.61 bits per heavy atom. The van der Waals surface area contributed by atoms with Crippen LogP contribution in [0.4, 0.5) is 11.4 Å². The fourth-order valence-electron chi connectivity index (χ4n) is 1.55. The van der Waals surface area contributed by atoms with E-state index < -0.39 is 0 Å². The summed E-state index contributed by atoms with van der Waals surface area (Å²) in [5.41, 5.74) is 10.2. The van der Waals surface area contributed by atoms with Crippen molar-refractivity contribution in [3.8, 4) is 0 Å². The summed E-state index contributed by atoms with van der Waals surface area (Å²) in [7, 11) is 4.07.